The Balaban J connectivity index is 0.00000320. The minimum Gasteiger partial charge on any atom is -0.376 e. The molecule has 162 valence electrons. The van der Waals surface area contributed by atoms with Gasteiger partial charge in [0.25, 0.3) is 5.91 Å². The summed E-state index contributed by atoms with van der Waals surface area (Å²) in [6, 6.07) is 13.4. The molecule has 1 aliphatic rings. The molecule has 30 heavy (non-hydrogen) atoms. The maximum absolute atomic E-state index is 12.4. The second-order valence-electron chi connectivity index (χ2n) is 6.92. The molecule has 2 heterocycles. The highest BCUT2D eigenvalue weighted by molar-refractivity contribution is 14.0. The summed E-state index contributed by atoms with van der Waals surface area (Å²) in [7, 11) is 0. The Bertz CT molecular complexity index is 810. The van der Waals surface area contributed by atoms with Crippen LogP contribution < -0.4 is 16.0 Å². The molecule has 1 aliphatic heterocycles. The standard InChI is InChI=1S/C22H29N5O2.HI/c1-2-23-22(27-15-19-9-3-4-11-24-19)26-14-17-7-5-8-18(13-17)21(28)25-16-20-10-6-12-29-20;/h3-5,7-9,11,13,20H,2,6,10,12,14-16H2,1H3,(H,25,28)(H2,23,26,27);1H. The number of rotatable bonds is 8. The van der Waals surface area contributed by atoms with Crippen molar-refractivity contribution in [3.05, 3.63) is 65.5 Å². The van der Waals surface area contributed by atoms with Crippen LogP contribution in [0.5, 0.6) is 0 Å². The van der Waals surface area contributed by atoms with Gasteiger partial charge in [-0.05, 0) is 49.6 Å². The zero-order valence-corrected chi connectivity index (χ0v) is 19.6. The van der Waals surface area contributed by atoms with Gasteiger partial charge in [-0.25, -0.2) is 4.99 Å². The van der Waals surface area contributed by atoms with Gasteiger partial charge in [-0.1, -0.05) is 18.2 Å². The fourth-order valence-corrected chi connectivity index (χ4v) is 3.11. The van der Waals surface area contributed by atoms with Crippen LogP contribution in [0.25, 0.3) is 0 Å². The van der Waals surface area contributed by atoms with E-state index in [1.165, 1.54) is 0 Å². The number of ether oxygens (including phenoxy) is 1. The molecule has 1 saturated heterocycles. The molecule has 1 unspecified atom stereocenters. The van der Waals surface area contributed by atoms with Crippen LogP contribution in [0, 0.1) is 0 Å². The van der Waals surface area contributed by atoms with E-state index in [0.717, 1.165) is 37.3 Å². The van der Waals surface area contributed by atoms with Gasteiger partial charge in [-0.15, -0.1) is 24.0 Å². The van der Waals surface area contributed by atoms with Crippen molar-refractivity contribution < 1.29 is 9.53 Å². The number of nitrogens with zero attached hydrogens (tertiary/aromatic N) is 2. The molecule has 3 rings (SSSR count). The highest BCUT2D eigenvalue weighted by atomic mass is 127. The summed E-state index contributed by atoms with van der Waals surface area (Å²) in [6.45, 7) is 5.21. The first-order chi connectivity index (χ1) is 14.2. The lowest BCUT2D eigenvalue weighted by Gasteiger charge is -2.12. The molecule has 7 nitrogen and oxygen atoms in total. The molecule has 1 atom stereocenters. The number of carbonyl (C=O) groups is 1. The highest BCUT2D eigenvalue weighted by Crippen LogP contribution is 2.11. The van der Waals surface area contributed by atoms with E-state index in [9.17, 15) is 4.79 Å². The van der Waals surface area contributed by atoms with Crippen molar-refractivity contribution in [1.29, 1.82) is 0 Å². The number of hydrogen-bond donors (Lipinski definition) is 3. The smallest absolute Gasteiger partial charge is 0.251 e. The van der Waals surface area contributed by atoms with Crippen molar-refractivity contribution in [2.45, 2.75) is 39.0 Å². The number of benzene rings is 1. The summed E-state index contributed by atoms with van der Waals surface area (Å²) < 4.78 is 5.55. The van der Waals surface area contributed by atoms with E-state index in [0.29, 0.717) is 31.2 Å². The van der Waals surface area contributed by atoms with Gasteiger partial charge >= 0.3 is 0 Å². The summed E-state index contributed by atoms with van der Waals surface area (Å²) in [5.41, 5.74) is 2.56. The largest absolute Gasteiger partial charge is 0.376 e. The number of guanidine groups is 1. The maximum Gasteiger partial charge on any atom is 0.251 e. The number of carbonyl (C=O) groups excluding carboxylic acids is 1. The van der Waals surface area contributed by atoms with E-state index in [1.54, 1.807) is 6.20 Å². The summed E-state index contributed by atoms with van der Waals surface area (Å²) in [5.74, 6) is 0.637. The lowest BCUT2D eigenvalue weighted by atomic mass is 10.1. The molecule has 0 bridgehead atoms. The van der Waals surface area contributed by atoms with Crippen molar-refractivity contribution in [2.75, 3.05) is 19.7 Å². The van der Waals surface area contributed by atoms with Crippen LogP contribution in [0.3, 0.4) is 0 Å². The summed E-state index contributed by atoms with van der Waals surface area (Å²) in [6.07, 6.45) is 3.99. The lowest BCUT2D eigenvalue weighted by molar-refractivity contribution is 0.0857. The van der Waals surface area contributed by atoms with Crippen molar-refractivity contribution in [2.24, 2.45) is 4.99 Å². The molecular weight excluding hydrogens is 493 g/mol. The van der Waals surface area contributed by atoms with Crippen LogP contribution in [0.4, 0.5) is 0 Å². The summed E-state index contributed by atoms with van der Waals surface area (Å²) >= 11 is 0. The van der Waals surface area contributed by atoms with Gasteiger partial charge in [0.05, 0.1) is 24.9 Å². The molecule has 1 fully saturated rings. The molecule has 1 aromatic heterocycles. The van der Waals surface area contributed by atoms with Gasteiger partial charge in [0.1, 0.15) is 0 Å². The van der Waals surface area contributed by atoms with Crippen molar-refractivity contribution in [3.63, 3.8) is 0 Å². The Morgan fingerprint density at radius 1 is 1.20 bits per heavy atom. The molecule has 8 heteroatoms. The number of hydrogen-bond acceptors (Lipinski definition) is 4. The molecule has 0 radical (unpaired) electrons. The molecule has 2 aromatic rings. The van der Waals surface area contributed by atoms with Crippen LogP contribution in [0.2, 0.25) is 0 Å². The minimum absolute atomic E-state index is 0. The van der Waals surface area contributed by atoms with E-state index in [2.05, 4.69) is 25.9 Å². The fraction of sp³-hybridized carbons (Fsp3) is 0.409. The number of pyridine rings is 1. The fourth-order valence-electron chi connectivity index (χ4n) is 3.11. The first kappa shape index (κ1) is 24.1. The Morgan fingerprint density at radius 3 is 2.83 bits per heavy atom. The van der Waals surface area contributed by atoms with Gasteiger partial charge in [0.2, 0.25) is 0 Å². The van der Waals surface area contributed by atoms with E-state index >= 15 is 0 Å². The molecule has 0 aliphatic carbocycles. The SMILES string of the molecule is CCNC(=NCc1cccc(C(=O)NCC2CCCO2)c1)NCc1ccccn1.I. The first-order valence-corrected chi connectivity index (χ1v) is 10.2. The second kappa shape index (κ2) is 13.2. The average Bonchev–Trinajstić information content (AvgIpc) is 3.28. The molecular formula is C22H30IN5O2. The Hall–Kier alpha value is -2.20. The average molecular weight is 523 g/mol. The van der Waals surface area contributed by atoms with Crippen molar-refractivity contribution >= 4 is 35.8 Å². The van der Waals surface area contributed by atoms with Crippen molar-refractivity contribution in [3.8, 4) is 0 Å². The van der Waals surface area contributed by atoms with E-state index in [-0.39, 0.29) is 36.0 Å². The van der Waals surface area contributed by atoms with E-state index in [4.69, 9.17) is 4.74 Å². The Kier molecular flexibility index (Phi) is 10.6. The summed E-state index contributed by atoms with van der Waals surface area (Å²) in [5, 5.41) is 9.47. The Labute approximate surface area is 195 Å². The van der Waals surface area contributed by atoms with Crippen LogP contribution in [0.1, 0.15) is 41.4 Å². The molecule has 1 amide bonds. The number of aliphatic imine (C=N–C) groups is 1. The Morgan fingerprint density at radius 2 is 2.10 bits per heavy atom. The molecule has 3 N–H and O–H groups in total. The lowest BCUT2D eigenvalue weighted by Crippen LogP contribution is -2.37. The van der Waals surface area contributed by atoms with Gasteiger partial charge in [0.15, 0.2) is 5.96 Å². The van der Waals surface area contributed by atoms with E-state index < -0.39 is 0 Å². The zero-order chi connectivity index (χ0) is 20.3. The van der Waals surface area contributed by atoms with Crippen LogP contribution in [-0.4, -0.2) is 42.7 Å². The van der Waals surface area contributed by atoms with Gasteiger partial charge < -0.3 is 20.7 Å². The van der Waals surface area contributed by atoms with E-state index in [1.807, 2.05) is 49.4 Å². The van der Waals surface area contributed by atoms with Crippen LogP contribution in [-0.2, 0) is 17.8 Å². The first-order valence-electron chi connectivity index (χ1n) is 10.2. The van der Waals surface area contributed by atoms with Crippen LogP contribution >= 0.6 is 24.0 Å². The molecule has 1 aromatic carbocycles. The third-order valence-corrected chi connectivity index (χ3v) is 4.63. The quantitative estimate of drug-likeness (QED) is 0.282. The molecule has 0 spiro atoms. The number of nitrogens with one attached hydrogen (secondary N) is 3. The molecule has 0 saturated carbocycles. The zero-order valence-electron chi connectivity index (χ0n) is 17.3. The number of amides is 1. The maximum atomic E-state index is 12.4. The van der Waals surface area contributed by atoms with Gasteiger partial charge in [0, 0.05) is 31.5 Å². The number of aromatic nitrogens is 1. The minimum atomic E-state index is -0.0773. The monoisotopic (exact) mass is 523 g/mol. The highest BCUT2D eigenvalue weighted by Gasteiger charge is 2.16. The van der Waals surface area contributed by atoms with Crippen molar-refractivity contribution in [1.82, 2.24) is 20.9 Å². The number of halogens is 1. The normalized spacial score (nSPS) is 15.9. The summed E-state index contributed by atoms with van der Waals surface area (Å²) in [4.78, 5) is 21.4. The predicted molar refractivity (Wildman–Crippen MR) is 129 cm³/mol. The van der Waals surface area contributed by atoms with Gasteiger partial charge in [-0.3, -0.25) is 9.78 Å². The predicted octanol–water partition coefficient (Wildman–Crippen LogP) is 2.86. The second-order valence-corrected chi connectivity index (χ2v) is 6.92. The third kappa shape index (κ3) is 7.91. The topological polar surface area (TPSA) is 87.6 Å². The third-order valence-electron chi connectivity index (χ3n) is 4.63. The van der Waals surface area contributed by atoms with Gasteiger partial charge in [-0.2, -0.15) is 0 Å². The van der Waals surface area contributed by atoms with Crippen LogP contribution in [0.15, 0.2) is 53.7 Å².